The molecule has 0 aromatic heterocycles. The Bertz CT molecular complexity index is 761. The lowest BCUT2D eigenvalue weighted by atomic mass is 9.68. The van der Waals surface area contributed by atoms with E-state index in [2.05, 4.69) is 0 Å². The lowest BCUT2D eigenvalue weighted by Gasteiger charge is -2.34. The second-order valence-electron chi connectivity index (χ2n) is 6.46. The fourth-order valence-electron chi connectivity index (χ4n) is 4.21. The van der Waals surface area contributed by atoms with Crippen molar-refractivity contribution in [2.45, 2.75) is 43.6 Å². The Morgan fingerprint density at radius 1 is 1.17 bits per heavy atom. The number of hydrogen-bond acceptors (Lipinski definition) is 2. The number of halogens is 2. The topological polar surface area (TPSA) is 29.5 Å². The van der Waals surface area contributed by atoms with Crippen molar-refractivity contribution in [3.05, 3.63) is 58.4 Å². The van der Waals surface area contributed by atoms with Crippen molar-refractivity contribution in [2.75, 3.05) is 0 Å². The van der Waals surface area contributed by atoms with E-state index in [4.69, 9.17) is 16.3 Å². The summed E-state index contributed by atoms with van der Waals surface area (Å²) < 4.78 is 20.3. The predicted molar refractivity (Wildman–Crippen MR) is 87.8 cm³/mol. The van der Waals surface area contributed by atoms with Gasteiger partial charge in [0.1, 0.15) is 11.9 Å². The van der Waals surface area contributed by atoms with Gasteiger partial charge in [0.05, 0.1) is 5.41 Å². The Kier molecular flexibility index (Phi) is 3.49. The molecule has 2 nitrogen and oxygen atoms in total. The number of benzene rings is 2. The third-order valence-electron chi connectivity index (χ3n) is 5.24. The van der Waals surface area contributed by atoms with Crippen LogP contribution in [-0.2, 0) is 5.41 Å². The van der Waals surface area contributed by atoms with Gasteiger partial charge >= 0.3 is 0 Å². The van der Waals surface area contributed by atoms with E-state index in [9.17, 15) is 9.50 Å². The number of hydrogen-bond donors (Lipinski definition) is 1. The van der Waals surface area contributed by atoms with Gasteiger partial charge in [0.15, 0.2) is 11.6 Å². The van der Waals surface area contributed by atoms with E-state index in [1.165, 1.54) is 12.1 Å². The molecule has 1 aliphatic carbocycles. The molecule has 4 rings (SSSR count). The van der Waals surface area contributed by atoms with E-state index in [1.807, 2.05) is 18.2 Å². The van der Waals surface area contributed by atoms with Gasteiger partial charge in [-0.05, 0) is 49.1 Å². The molecule has 0 radical (unpaired) electrons. The Morgan fingerprint density at radius 2 is 2.04 bits per heavy atom. The molecule has 2 atom stereocenters. The van der Waals surface area contributed by atoms with Crippen LogP contribution in [0.2, 0.25) is 5.02 Å². The van der Waals surface area contributed by atoms with Gasteiger partial charge in [-0.1, -0.05) is 36.6 Å². The molecule has 1 saturated carbocycles. The van der Waals surface area contributed by atoms with Gasteiger partial charge in [0.2, 0.25) is 0 Å². The number of ether oxygens (including phenoxy) is 1. The summed E-state index contributed by atoms with van der Waals surface area (Å²) >= 11 is 6.53. The first-order valence-corrected chi connectivity index (χ1v) is 8.45. The Balaban J connectivity index is 1.98. The molecule has 0 amide bonds. The third-order valence-corrected chi connectivity index (χ3v) is 5.56. The Morgan fingerprint density at radius 3 is 2.87 bits per heavy atom. The van der Waals surface area contributed by atoms with Crippen molar-refractivity contribution in [3.63, 3.8) is 0 Å². The minimum Gasteiger partial charge on any atom is -0.505 e. The largest absolute Gasteiger partial charge is 0.505 e. The lowest BCUT2D eigenvalue weighted by molar-refractivity contribution is 0.158. The van der Waals surface area contributed by atoms with Gasteiger partial charge in [-0.25, -0.2) is 4.39 Å². The molecule has 1 aliphatic heterocycles. The highest BCUT2D eigenvalue weighted by Crippen LogP contribution is 2.55. The van der Waals surface area contributed by atoms with E-state index in [0.717, 1.165) is 49.0 Å². The summed E-state index contributed by atoms with van der Waals surface area (Å²) in [4.78, 5) is 0. The second kappa shape index (κ2) is 5.41. The first kappa shape index (κ1) is 14.8. The fraction of sp³-hybridized carbons (Fsp3) is 0.368. The van der Waals surface area contributed by atoms with Crippen molar-refractivity contribution in [3.8, 4) is 11.5 Å². The van der Waals surface area contributed by atoms with E-state index >= 15 is 0 Å². The maximum Gasteiger partial charge on any atom is 0.165 e. The van der Waals surface area contributed by atoms with Crippen LogP contribution in [0.15, 0.2) is 36.4 Å². The molecule has 2 unspecified atom stereocenters. The summed E-state index contributed by atoms with van der Waals surface area (Å²) in [5.74, 6) is -0.119. The number of phenols is 1. The van der Waals surface area contributed by atoms with E-state index in [-0.39, 0.29) is 11.9 Å². The third kappa shape index (κ3) is 2.13. The quantitative estimate of drug-likeness (QED) is 0.778. The van der Waals surface area contributed by atoms with E-state index in [0.29, 0.717) is 5.02 Å². The van der Waals surface area contributed by atoms with Crippen LogP contribution >= 0.6 is 11.6 Å². The highest BCUT2D eigenvalue weighted by Gasteiger charge is 2.51. The summed E-state index contributed by atoms with van der Waals surface area (Å²) in [5, 5.41) is 10.2. The van der Waals surface area contributed by atoms with Crippen molar-refractivity contribution >= 4 is 11.6 Å². The molecule has 2 aromatic rings. The maximum absolute atomic E-state index is 14.0. The zero-order valence-electron chi connectivity index (χ0n) is 12.7. The summed E-state index contributed by atoms with van der Waals surface area (Å²) in [6.07, 6.45) is 5.04. The van der Waals surface area contributed by atoms with Crippen LogP contribution in [0.1, 0.15) is 43.2 Å². The molecule has 0 saturated heterocycles. The molecule has 2 aliphatic rings. The van der Waals surface area contributed by atoms with Gasteiger partial charge in [0, 0.05) is 10.6 Å². The average Bonchev–Trinajstić information content (AvgIpc) is 2.71. The monoisotopic (exact) mass is 332 g/mol. The highest BCUT2D eigenvalue weighted by molar-refractivity contribution is 6.31. The molecular formula is C19H18ClFO2. The minimum atomic E-state index is -0.597. The molecular weight excluding hydrogens is 315 g/mol. The molecule has 120 valence electrons. The summed E-state index contributed by atoms with van der Waals surface area (Å²) in [6, 6.07) is 10.4. The van der Waals surface area contributed by atoms with Crippen molar-refractivity contribution in [1.29, 1.82) is 0 Å². The summed E-state index contributed by atoms with van der Waals surface area (Å²) in [7, 11) is 0. The fourth-order valence-corrected chi connectivity index (χ4v) is 4.55. The number of phenolic OH excluding ortho intramolecular Hbond substituents is 1. The highest BCUT2D eigenvalue weighted by atomic mass is 35.5. The standard InChI is InChI=1S/C19H18ClFO2/c20-13-5-4-6-16-18(13)19(10-3-1-2-7-17(19)23-16)12-8-9-15(22)14(21)11-12/h4-6,8-9,11,17,22H,1-3,7,10H2. The predicted octanol–water partition coefficient (Wildman–Crippen LogP) is 5.20. The summed E-state index contributed by atoms with van der Waals surface area (Å²) in [5.41, 5.74) is 1.38. The molecule has 2 aromatic carbocycles. The Labute approximate surface area is 139 Å². The van der Waals surface area contributed by atoms with E-state index in [1.54, 1.807) is 6.07 Å². The van der Waals surface area contributed by atoms with Crippen LogP contribution in [-0.4, -0.2) is 11.2 Å². The first-order chi connectivity index (χ1) is 11.1. The van der Waals surface area contributed by atoms with E-state index < -0.39 is 11.2 Å². The maximum atomic E-state index is 14.0. The number of rotatable bonds is 1. The smallest absolute Gasteiger partial charge is 0.165 e. The first-order valence-electron chi connectivity index (χ1n) is 8.07. The van der Waals surface area contributed by atoms with Crippen LogP contribution in [0, 0.1) is 5.82 Å². The molecule has 0 bridgehead atoms. The zero-order valence-corrected chi connectivity index (χ0v) is 13.4. The minimum absolute atomic E-state index is 0.0381. The average molecular weight is 333 g/mol. The SMILES string of the molecule is Oc1ccc(C23CCCCCC2Oc2cccc(Cl)c23)cc1F. The number of aromatic hydroxyl groups is 1. The molecule has 23 heavy (non-hydrogen) atoms. The molecule has 4 heteroatoms. The van der Waals surface area contributed by atoms with Gasteiger partial charge < -0.3 is 9.84 Å². The zero-order chi connectivity index (χ0) is 16.0. The van der Waals surface area contributed by atoms with Crippen LogP contribution in [0.25, 0.3) is 0 Å². The Hall–Kier alpha value is -1.74. The van der Waals surface area contributed by atoms with Crippen molar-refractivity contribution < 1.29 is 14.2 Å². The lowest BCUT2D eigenvalue weighted by Crippen LogP contribution is -2.38. The molecule has 0 spiro atoms. The van der Waals surface area contributed by atoms with Crippen molar-refractivity contribution in [1.82, 2.24) is 0 Å². The van der Waals surface area contributed by atoms with Gasteiger partial charge in [0.25, 0.3) is 0 Å². The van der Waals surface area contributed by atoms with Crippen LogP contribution in [0.4, 0.5) is 4.39 Å². The van der Waals surface area contributed by atoms with Gasteiger partial charge in [-0.3, -0.25) is 0 Å². The van der Waals surface area contributed by atoms with Gasteiger partial charge in [-0.2, -0.15) is 0 Å². The van der Waals surface area contributed by atoms with Crippen molar-refractivity contribution in [2.24, 2.45) is 0 Å². The number of fused-ring (bicyclic) bond motifs is 3. The normalized spacial score (nSPS) is 26.1. The van der Waals surface area contributed by atoms with Crippen LogP contribution < -0.4 is 4.74 Å². The molecule has 1 fully saturated rings. The second-order valence-corrected chi connectivity index (χ2v) is 6.86. The van der Waals surface area contributed by atoms with Gasteiger partial charge in [-0.15, -0.1) is 0 Å². The van der Waals surface area contributed by atoms with Crippen LogP contribution in [0.5, 0.6) is 11.5 Å². The summed E-state index contributed by atoms with van der Waals surface area (Å²) in [6.45, 7) is 0. The molecule has 1 heterocycles. The van der Waals surface area contributed by atoms with Crippen LogP contribution in [0.3, 0.4) is 0 Å². The molecule has 1 N–H and O–H groups in total.